The van der Waals surface area contributed by atoms with Gasteiger partial charge in [0, 0.05) is 59.6 Å². The molecular weight excluding hydrogens is 522 g/mol. The predicted octanol–water partition coefficient (Wildman–Crippen LogP) is 6.92. The molecule has 0 aliphatic heterocycles. The van der Waals surface area contributed by atoms with Crippen LogP contribution in [0.3, 0.4) is 0 Å². The van der Waals surface area contributed by atoms with Gasteiger partial charge in [-0.25, -0.2) is 4.98 Å². The van der Waals surface area contributed by atoms with Crippen molar-refractivity contribution in [2.24, 2.45) is 5.41 Å². The van der Waals surface area contributed by atoms with Crippen LogP contribution in [0.4, 0.5) is 0 Å². The summed E-state index contributed by atoms with van der Waals surface area (Å²) in [4.78, 5) is 33.0. The maximum absolute atomic E-state index is 11.7. The second kappa shape index (κ2) is 10.9. The number of hydrogen-bond acceptors (Lipinski definition) is 7. The van der Waals surface area contributed by atoms with Crippen molar-refractivity contribution in [2.45, 2.75) is 71.9 Å². The quantitative estimate of drug-likeness (QED) is 0.147. The summed E-state index contributed by atoms with van der Waals surface area (Å²) in [6.45, 7) is 11.0. The van der Waals surface area contributed by atoms with Gasteiger partial charge in [0.05, 0.1) is 35.2 Å². The number of benzene rings is 1. The summed E-state index contributed by atoms with van der Waals surface area (Å²) in [6, 6.07) is 10.6. The molecule has 0 amide bonds. The highest BCUT2D eigenvalue weighted by atomic mass is 32.1. The minimum Gasteiger partial charge on any atom is -0.465 e. The standard InChI is InChI=1S/C32H37N3O4S/c1-7-35-27-11-10-22(26-17-40-30(34-26)32(18-36)12-13-32)15-24(27)25(16-31(4,5)19-39-21(3)37)29(35)23-9-8-14-33-28(23)20(2)38-6/h8-11,14-15,17-18,20H,7,12-13,16,19H2,1-6H3/t20-/m0/s1. The van der Waals surface area contributed by atoms with E-state index in [-0.39, 0.29) is 22.9 Å². The number of aldehydes is 1. The predicted molar refractivity (Wildman–Crippen MR) is 158 cm³/mol. The molecule has 0 saturated heterocycles. The van der Waals surface area contributed by atoms with Gasteiger partial charge in [-0.1, -0.05) is 19.9 Å². The lowest BCUT2D eigenvalue weighted by Crippen LogP contribution is -2.24. The van der Waals surface area contributed by atoms with E-state index in [2.05, 4.69) is 55.0 Å². The molecule has 0 radical (unpaired) electrons. The zero-order valence-corrected chi connectivity index (χ0v) is 24.9. The third-order valence-corrected chi connectivity index (χ3v) is 8.94. The summed E-state index contributed by atoms with van der Waals surface area (Å²) < 4.78 is 13.5. The van der Waals surface area contributed by atoms with E-state index in [0.29, 0.717) is 13.0 Å². The van der Waals surface area contributed by atoms with Crippen LogP contribution < -0.4 is 0 Å². The summed E-state index contributed by atoms with van der Waals surface area (Å²) in [7, 11) is 1.70. The van der Waals surface area contributed by atoms with Crippen LogP contribution >= 0.6 is 11.3 Å². The van der Waals surface area contributed by atoms with Crippen LogP contribution in [0, 0.1) is 5.41 Å². The van der Waals surface area contributed by atoms with E-state index in [1.807, 2.05) is 19.2 Å². The van der Waals surface area contributed by atoms with E-state index in [1.54, 1.807) is 18.4 Å². The zero-order valence-electron chi connectivity index (χ0n) is 24.1. The van der Waals surface area contributed by atoms with Crippen molar-refractivity contribution in [3.63, 3.8) is 0 Å². The van der Waals surface area contributed by atoms with Crippen LogP contribution in [0.2, 0.25) is 0 Å². The molecule has 1 aliphatic carbocycles. The second-order valence-corrected chi connectivity index (χ2v) is 12.4. The number of aryl methyl sites for hydroxylation is 1. The maximum atomic E-state index is 11.7. The van der Waals surface area contributed by atoms with Gasteiger partial charge in [0.2, 0.25) is 0 Å². The number of rotatable bonds is 11. The Morgan fingerprint density at radius 1 is 1.27 bits per heavy atom. The first kappa shape index (κ1) is 28.2. The Hall–Kier alpha value is -3.36. The molecule has 3 aromatic heterocycles. The van der Waals surface area contributed by atoms with Crippen molar-refractivity contribution in [1.29, 1.82) is 0 Å². The molecule has 3 heterocycles. The molecule has 0 N–H and O–H groups in total. The van der Waals surface area contributed by atoms with E-state index >= 15 is 0 Å². The monoisotopic (exact) mass is 559 g/mol. The molecule has 1 atom stereocenters. The minimum absolute atomic E-state index is 0.182. The molecule has 4 aromatic rings. The lowest BCUT2D eigenvalue weighted by Gasteiger charge is -2.25. The normalized spacial score (nSPS) is 15.2. The second-order valence-electron chi connectivity index (χ2n) is 11.6. The largest absolute Gasteiger partial charge is 0.465 e. The number of aromatic nitrogens is 3. The fourth-order valence-electron chi connectivity index (χ4n) is 5.43. The Balaban J connectivity index is 1.71. The van der Waals surface area contributed by atoms with Crippen LogP contribution in [0.1, 0.15) is 69.8 Å². The third-order valence-electron chi connectivity index (χ3n) is 7.88. The van der Waals surface area contributed by atoms with Gasteiger partial charge in [-0.15, -0.1) is 11.3 Å². The molecule has 210 valence electrons. The van der Waals surface area contributed by atoms with E-state index < -0.39 is 0 Å². The highest BCUT2D eigenvalue weighted by Gasteiger charge is 2.47. The number of ether oxygens (including phenoxy) is 2. The molecule has 0 bridgehead atoms. The van der Waals surface area contributed by atoms with E-state index in [1.165, 1.54) is 12.5 Å². The van der Waals surface area contributed by atoms with Gasteiger partial charge < -0.3 is 18.8 Å². The van der Waals surface area contributed by atoms with E-state index in [4.69, 9.17) is 19.4 Å². The van der Waals surface area contributed by atoms with Gasteiger partial charge >= 0.3 is 5.97 Å². The van der Waals surface area contributed by atoms with Crippen molar-refractivity contribution in [3.8, 4) is 22.5 Å². The first-order chi connectivity index (χ1) is 19.1. The Bertz CT molecular complexity index is 1560. The van der Waals surface area contributed by atoms with Crippen LogP contribution in [-0.4, -0.2) is 40.5 Å². The Kier molecular flexibility index (Phi) is 7.68. The molecule has 5 rings (SSSR count). The lowest BCUT2D eigenvalue weighted by molar-refractivity contribution is -0.143. The molecular formula is C32H37N3O4S. The number of pyridine rings is 1. The van der Waals surface area contributed by atoms with Crippen molar-refractivity contribution >= 4 is 34.5 Å². The number of carbonyl (C=O) groups excluding carboxylic acids is 2. The van der Waals surface area contributed by atoms with E-state index in [0.717, 1.165) is 69.8 Å². The lowest BCUT2D eigenvalue weighted by atomic mass is 9.84. The highest BCUT2D eigenvalue weighted by Crippen LogP contribution is 2.48. The van der Waals surface area contributed by atoms with Gasteiger partial charge in [0.25, 0.3) is 0 Å². The molecule has 40 heavy (non-hydrogen) atoms. The average Bonchev–Trinajstić information content (AvgIpc) is 3.48. The van der Waals surface area contributed by atoms with Gasteiger partial charge in [-0.05, 0) is 62.9 Å². The summed E-state index contributed by atoms with van der Waals surface area (Å²) in [6.07, 6.45) is 5.12. The Morgan fingerprint density at radius 2 is 2.05 bits per heavy atom. The molecule has 7 nitrogen and oxygen atoms in total. The molecule has 0 spiro atoms. The first-order valence-corrected chi connectivity index (χ1v) is 14.7. The zero-order chi connectivity index (χ0) is 28.7. The molecule has 1 aromatic carbocycles. The minimum atomic E-state index is -0.383. The van der Waals surface area contributed by atoms with Gasteiger partial charge in [-0.3, -0.25) is 9.78 Å². The van der Waals surface area contributed by atoms with E-state index in [9.17, 15) is 9.59 Å². The number of thiazole rings is 1. The van der Waals surface area contributed by atoms with Gasteiger partial charge in [0.15, 0.2) is 0 Å². The molecule has 1 fully saturated rings. The van der Waals surface area contributed by atoms with Crippen LogP contribution in [-0.2, 0) is 37.4 Å². The SMILES string of the molecule is CCn1c(-c2cccnc2[C@H](C)OC)c(CC(C)(C)COC(C)=O)c2cc(-c3csc(C4(C=O)CC4)n3)ccc21. The molecule has 1 aliphatic rings. The molecule has 1 saturated carbocycles. The van der Waals surface area contributed by atoms with Gasteiger partial charge in [0.1, 0.15) is 11.3 Å². The van der Waals surface area contributed by atoms with Crippen LogP contribution in [0.15, 0.2) is 41.9 Å². The number of methoxy groups -OCH3 is 1. The number of fused-ring (bicyclic) bond motifs is 1. The fraction of sp³-hybridized carbons (Fsp3) is 0.438. The number of hydrogen-bond donors (Lipinski definition) is 0. The number of carbonyl (C=O) groups is 2. The Morgan fingerprint density at radius 3 is 2.70 bits per heavy atom. The summed E-state index contributed by atoms with van der Waals surface area (Å²) >= 11 is 1.57. The van der Waals surface area contributed by atoms with Crippen molar-refractivity contribution < 1.29 is 19.1 Å². The average molecular weight is 560 g/mol. The fourth-order valence-corrected chi connectivity index (χ4v) is 6.48. The Labute approximate surface area is 239 Å². The van der Waals surface area contributed by atoms with Crippen LogP contribution in [0.5, 0.6) is 0 Å². The smallest absolute Gasteiger partial charge is 0.302 e. The van der Waals surface area contributed by atoms with Crippen molar-refractivity contribution in [3.05, 3.63) is 58.2 Å². The van der Waals surface area contributed by atoms with Crippen molar-refractivity contribution in [1.82, 2.24) is 14.5 Å². The third kappa shape index (κ3) is 5.22. The first-order valence-electron chi connectivity index (χ1n) is 13.8. The number of nitrogens with zero attached hydrogens (tertiary/aromatic N) is 3. The van der Waals surface area contributed by atoms with Crippen LogP contribution in [0.25, 0.3) is 33.4 Å². The molecule has 8 heteroatoms. The summed E-state index contributed by atoms with van der Waals surface area (Å²) in [5.74, 6) is -0.280. The molecule has 0 unspecified atom stereocenters. The topological polar surface area (TPSA) is 83.3 Å². The highest BCUT2D eigenvalue weighted by molar-refractivity contribution is 7.10. The maximum Gasteiger partial charge on any atom is 0.302 e. The number of esters is 1. The summed E-state index contributed by atoms with van der Waals surface area (Å²) in [5.41, 5.74) is 6.54. The summed E-state index contributed by atoms with van der Waals surface area (Å²) in [5, 5.41) is 4.10. The van der Waals surface area contributed by atoms with Crippen molar-refractivity contribution in [2.75, 3.05) is 13.7 Å². The van der Waals surface area contributed by atoms with Gasteiger partial charge in [-0.2, -0.15) is 0 Å².